The van der Waals surface area contributed by atoms with Gasteiger partial charge in [0, 0.05) is 11.8 Å². The van der Waals surface area contributed by atoms with Crippen LogP contribution in [0.15, 0.2) is 35.6 Å². The SMILES string of the molecule is Cc1ccc(-n2ccc(C(F)(F)F)n2)c(/C(N)=N/O)c1. The number of hydrogen-bond acceptors (Lipinski definition) is 3. The zero-order chi connectivity index (χ0) is 14.9. The highest BCUT2D eigenvalue weighted by molar-refractivity contribution is 6.00. The number of oxime groups is 1. The molecule has 5 nitrogen and oxygen atoms in total. The van der Waals surface area contributed by atoms with E-state index in [0.717, 1.165) is 16.3 Å². The van der Waals surface area contributed by atoms with E-state index in [0.29, 0.717) is 11.3 Å². The Morgan fingerprint density at radius 2 is 2.05 bits per heavy atom. The van der Waals surface area contributed by atoms with E-state index in [4.69, 9.17) is 10.9 Å². The number of benzene rings is 1. The lowest BCUT2D eigenvalue weighted by Gasteiger charge is -2.09. The largest absolute Gasteiger partial charge is 0.435 e. The number of nitrogens with zero attached hydrogens (tertiary/aromatic N) is 3. The number of aromatic nitrogens is 2. The Morgan fingerprint density at radius 1 is 1.35 bits per heavy atom. The summed E-state index contributed by atoms with van der Waals surface area (Å²) in [6.07, 6.45) is -3.35. The average Bonchev–Trinajstić information content (AvgIpc) is 2.87. The molecule has 0 saturated carbocycles. The number of alkyl halides is 3. The van der Waals surface area contributed by atoms with E-state index in [-0.39, 0.29) is 5.84 Å². The molecule has 0 aliphatic rings. The Hall–Kier alpha value is -2.51. The molecule has 0 saturated heterocycles. The van der Waals surface area contributed by atoms with Gasteiger partial charge in [-0.25, -0.2) is 4.68 Å². The molecule has 0 spiro atoms. The Labute approximate surface area is 112 Å². The van der Waals surface area contributed by atoms with E-state index in [1.807, 2.05) is 0 Å². The molecule has 0 aliphatic heterocycles. The van der Waals surface area contributed by atoms with Gasteiger partial charge in [0.15, 0.2) is 11.5 Å². The Balaban J connectivity index is 2.56. The molecule has 1 aromatic heterocycles. The average molecular weight is 284 g/mol. The van der Waals surface area contributed by atoms with Gasteiger partial charge >= 0.3 is 6.18 Å². The van der Waals surface area contributed by atoms with Gasteiger partial charge in [0.2, 0.25) is 0 Å². The van der Waals surface area contributed by atoms with Crippen LogP contribution in [0, 0.1) is 6.92 Å². The lowest BCUT2D eigenvalue weighted by Crippen LogP contribution is -2.17. The summed E-state index contributed by atoms with van der Waals surface area (Å²) in [6.45, 7) is 1.78. The van der Waals surface area contributed by atoms with Crippen LogP contribution in [0.1, 0.15) is 16.8 Å². The minimum absolute atomic E-state index is 0.201. The van der Waals surface area contributed by atoms with Crippen molar-refractivity contribution in [2.75, 3.05) is 0 Å². The molecule has 8 heteroatoms. The predicted octanol–water partition coefficient (Wildman–Crippen LogP) is 2.29. The molecule has 20 heavy (non-hydrogen) atoms. The molecule has 1 heterocycles. The number of hydrogen-bond donors (Lipinski definition) is 2. The van der Waals surface area contributed by atoms with Crippen molar-refractivity contribution in [1.82, 2.24) is 9.78 Å². The summed E-state index contributed by atoms with van der Waals surface area (Å²) in [5.74, 6) is -0.201. The van der Waals surface area contributed by atoms with Crippen molar-refractivity contribution < 1.29 is 18.4 Å². The molecule has 2 rings (SSSR count). The van der Waals surface area contributed by atoms with Crippen LogP contribution in [0.25, 0.3) is 5.69 Å². The first kappa shape index (κ1) is 13.9. The fourth-order valence-electron chi connectivity index (χ4n) is 1.72. The summed E-state index contributed by atoms with van der Waals surface area (Å²) in [4.78, 5) is 0. The maximum Gasteiger partial charge on any atom is 0.435 e. The van der Waals surface area contributed by atoms with Crippen LogP contribution in [0.3, 0.4) is 0 Å². The van der Waals surface area contributed by atoms with Gasteiger partial charge in [-0.05, 0) is 25.1 Å². The van der Waals surface area contributed by atoms with Crippen LogP contribution in [-0.2, 0) is 6.18 Å². The lowest BCUT2D eigenvalue weighted by molar-refractivity contribution is -0.141. The van der Waals surface area contributed by atoms with Gasteiger partial charge in [0.25, 0.3) is 0 Å². The third-order valence-corrected chi connectivity index (χ3v) is 2.66. The normalized spacial score (nSPS) is 12.7. The smallest absolute Gasteiger partial charge is 0.409 e. The van der Waals surface area contributed by atoms with E-state index < -0.39 is 11.9 Å². The maximum atomic E-state index is 12.5. The van der Waals surface area contributed by atoms with Gasteiger partial charge < -0.3 is 10.9 Å². The van der Waals surface area contributed by atoms with Crippen LogP contribution >= 0.6 is 0 Å². The third-order valence-electron chi connectivity index (χ3n) is 2.66. The van der Waals surface area contributed by atoms with Gasteiger partial charge in [-0.15, -0.1) is 0 Å². The first-order valence-electron chi connectivity index (χ1n) is 5.54. The van der Waals surface area contributed by atoms with Gasteiger partial charge in [-0.3, -0.25) is 0 Å². The van der Waals surface area contributed by atoms with Crippen molar-refractivity contribution in [2.24, 2.45) is 10.9 Å². The Kier molecular flexibility index (Phi) is 3.39. The molecular weight excluding hydrogens is 273 g/mol. The van der Waals surface area contributed by atoms with Crippen LogP contribution in [-0.4, -0.2) is 20.8 Å². The van der Waals surface area contributed by atoms with Crippen LogP contribution < -0.4 is 5.73 Å². The maximum absolute atomic E-state index is 12.5. The molecule has 0 atom stereocenters. The molecule has 0 bridgehead atoms. The lowest BCUT2D eigenvalue weighted by atomic mass is 10.1. The van der Waals surface area contributed by atoms with E-state index in [1.54, 1.807) is 25.1 Å². The van der Waals surface area contributed by atoms with Crippen molar-refractivity contribution in [2.45, 2.75) is 13.1 Å². The number of aryl methyl sites for hydroxylation is 1. The van der Waals surface area contributed by atoms with Gasteiger partial charge in [0.05, 0.1) is 5.69 Å². The van der Waals surface area contributed by atoms with Crippen LogP contribution in [0.5, 0.6) is 0 Å². The fourth-order valence-corrected chi connectivity index (χ4v) is 1.72. The highest BCUT2D eigenvalue weighted by atomic mass is 19.4. The first-order chi connectivity index (χ1) is 9.32. The number of halogens is 3. The van der Waals surface area contributed by atoms with Gasteiger partial charge in [0.1, 0.15) is 0 Å². The van der Waals surface area contributed by atoms with E-state index >= 15 is 0 Å². The van der Waals surface area contributed by atoms with Crippen LogP contribution in [0.2, 0.25) is 0 Å². The third kappa shape index (κ3) is 2.58. The summed E-state index contributed by atoms with van der Waals surface area (Å²) in [5, 5.41) is 15.1. The monoisotopic (exact) mass is 284 g/mol. The van der Waals surface area contributed by atoms with Crippen molar-refractivity contribution in [3.05, 3.63) is 47.3 Å². The molecular formula is C12H11F3N4O. The standard InChI is InChI=1S/C12H11F3N4O/c1-7-2-3-9(8(6-7)11(16)18-20)19-5-4-10(17-19)12(13,14)15/h2-6,20H,1H3,(H2,16,18). The molecule has 0 fully saturated rings. The van der Waals surface area contributed by atoms with E-state index in [9.17, 15) is 13.2 Å². The molecule has 0 unspecified atom stereocenters. The van der Waals surface area contributed by atoms with Crippen LogP contribution in [0.4, 0.5) is 13.2 Å². The zero-order valence-corrected chi connectivity index (χ0v) is 10.4. The minimum Gasteiger partial charge on any atom is -0.409 e. The number of amidine groups is 1. The summed E-state index contributed by atoms with van der Waals surface area (Å²) in [5.41, 5.74) is 5.93. The topological polar surface area (TPSA) is 76.4 Å². The van der Waals surface area contributed by atoms with E-state index in [2.05, 4.69) is 10.3 Å². The summed E-state index contributed by atoms with van der Waals surface area (Å²) < 4.78 is 38.7. The molecule has 3 N–H and O–H groups in total. The second kappa shape index (κ2) is 4.87. The molecule has 1 aromatic carbocycles. The summed E-state index contributed by atoms with van der Waals surface area (Å²) in [7, 11) is 0. The molecule has 0 amide bonds. The summed E-state index contributed by atoms with van der Waals surface area (Å²) in [6, 6.07) is 5.70. The zero-order valence-electron chi connectivity index (χ0n) is 10.4. The Morgan fingerprint density at radius 3 is 2.60 bits per heavy atom. The molecule has 2 aromatic rings. The van der Waals surface area contributed by atoms with Crippen molar-refractivity contribution in [3.8, 4) is 5.69 Å². The molecule has 0 radical (unpaired) electrons. The molecule has 0 aliphatic carbocycles. The van der Waals surface area contributed by atoms with Crippen molar-refractivity contribution in [1.29, 1.82) is 0 Å². The number of nitrogens with two attached hydrogens (primary N) is 1. The highest BCUT2D eigenvalue weighted by Gasteiger charge is 2.33. The van der Waals surface area contributed by atoms with Crippen molar-refractivity contribution >= 4 is 5.84 Å². The van der Waals surface area contributed by atoms with Crippen molar-refractivity contribution in [3.63, 3.8) is 0 Å². The first-order valence-corrected chi connectivity index (χ1v) is 5.54. The van der Waals surface area contributed by atoms with E-state index in [1.165, 1.54) is 6.20 Å². The van der Waals surface area contributed by atoms with Gasteiger partial charge in [-0.2, -0.15) is 18.3 Å². The summed E-state index contributed by atoms with van der Waals surface area (Å²) >= 11 is 0. The number of rotatable bonds is 2. The van der Waals surface area contributed by atoms with Gasteiger partial charge in [-0.1, -0.05) is 16.8 Å². The predicted molar refractivity (Wildman–Crippen MR) is 65.8 cm³/mol. The highest BCUT2D eigenvalue weighted by Crippen LogP contribution is 2.28. The Bertz CT molecular complexity index is 661. The minimum atomic E-state index is -4.52. The second-order valence-electron chi connectivity index (χ2n) is 4.15. The molecule has 106 valence electrons. The fraction of sp³-hybridized carbons (Fsp3) is 0.167. The second-order valence-corrected chi connectivity index (χ2v) is 4.15. The quantitative estimate of drug-likeness (QED) is 0.384.